The zero-order chi connectivity index (χ0) is 28.3. The Morgan fingerprint density at radius 1 is 1.18 bits per heavy atom. The fourth-order valence-corrected chi connectivity index (χ4v) is 3.85. The third-order valence-electron chi connectivity index (χ3n) is 5.71. The second kappa shape index (κ2) is 11.2. The van der Waals surface area contributed by atoms with Crippen molar-refractivity contribution in [3.63, 3.8) is 0 Å². The molecule has 1 aliphatic heterocycles. The molecular weight excluding hydrogens is 520 g/mol. The number of fused-ring (bicyclic) bond motifs is 1. The van der Waals surface area contributed by atoms with Crippen molar-refractivity contribution in [2.75, 3.05) is 11.7 Å². The normalized spacial score (nSPS) is 12.7. The first-order chi connectivity index (χ1) is 18.6. The maximum Gasteiger partial charge on any atom is 0.341 e. The Morgan fingerprint density at radius 2 is 1.95 bits per heavy atom. The Morgan fingerprint density at radius 3 is 2.54 bits per heavy atom. The van der Waals surface area contributed by atoms with Crippen molar-refractivity contribution in [3.05, 3.63) is 105 Å². The minimum atomic E-state index is -1.51. The van der Waals surface area contributed by atoms with Gasteiger partial charge in [0.1, 0.15) is 41.1 Å². The average Bonchev–Trinajstić information content (AvgIpc) is 3.55. The van der Waals surface area contributed by atoms with E-state index in [4.69, 9.17) is 14.7 Å². The summed E-state index contributed by atoms with van der Waals surface area (Å²) < 4.78 is 36.2. The predicted octanol–water partition coefficient (Wildman–Crippen LogP) is 2.32. The van der Waals surface area contributed by atoms with Crippen LogP contribution in [0, 0.1) is 18.6 Å². The highest BCUT2D eigenvalue weighted by molar-refractivity contribution is 5.97. The molecule has 12 nitrogen and oxygen atoms in total. The minimum absolute atomic E-state index is 0.0276. The number of pyridine rings is 1. The molecule has 204 valence electrons. The van der Waals surface area contributed by atoms with Gasteiger partial charge in [-0.25, -0.2) is 13.6 Å². The lowest BCUT2D eigenvalue weighted by Gasteiger charge is -2.39. The standard InChI is InChI=1S/C18H16N4O7.C7H7F2N/c1-10-5-11(19-29-10)6-21-9-20(7-12-3-2-4-28-12)17(25)14-16(24)15(23)13(18(26)27)8-22(14)21;8-6-2-1-5(4-10)7(9)3-6/h2-5,8,24H,6-7,9H2,1H3,(H,26,27);1-3H,4,10H2. The highest BCUT2D eigenvalue weighted by atomic mass is 19.1. The van der Waals surface area contributed by atoms with Crippen molar-refractivity contribution in [1.82, 2.24) is 14.7 Å². The molecule has 0 saturated carbocycles. The van der Waals surface area contributed by atoms with Crippen LogP contribution in [0.5, 0.6) is 5.75 Å². The molecule has 1 aromatic carbocycles. The molecule has 1 aliphatic rings. The van der Waals surface area contributed by atoms with Crippen LogP contribution in [-0.2, 0) is 19.6 Å². The summed E-state index contributed by atoms with van der Waals surface area (Å²) in [5.74, 6) is -3.15. The van der Waals surface area contributed by atoms with E-state index in [2.05, 4.69) is 5.16 Å². The number of hydrogen-bond donors (Lipinski definition) is 3. The number of aryl methyl sites for hydroxylation is 1. The molecule has 3 aromatic heterocycles. The van der Waals surface area contributed by atoms with Gasteiger partial charge in [0.15, 0.2) is 11.4 Å². The van der Waals surface area contributed by atoms with Gasteiger partial charge in [0.2, 0.25) is 5.43 Å². The molecule has 14 heteroatoms. The first-order valence-electron chi connectivity index (χ1n) is 11.4. The van der Waals surface area contributed by atoms with Gasteiger partial charge in [-0.3, -0.25) is 19.3 Å². The van der Waals surface area contributed by atoms with Gasteiger partial charge >= 0.3 is 5.97 Å². The quantitative estimate of drug-likeness (QED) is 0.328. The number of aromatic hydroxyl groups is 1. The second-order valence-electron chi connectivity index (χ2n) is 8.48. The lowest BCUT2D eigenvalue weighted by atomic mass is 10.2. The van der Waals surface area contributed by atoms with Crippen LogP contribution >= 0.6 is 0 Å². The Labute approximate surface area is 219 Å². The number of carbonyl (C=O) groups is 2. The van der Waals surface area contributed by atoms with E-state index in [1.54, 1.807) is 30.1 Å². The van der Waals surface area contributed by atoms with Crippen LogP contribution in [0.4, 0.5) is 8.78 Å². The number of nitrogens with zero attached hydrogens (tertiary/aromatic N) is 4. The molecule has 0 bridgehead atoms. The van der Waals surface area contributed by atoms with E-state index < -0.39 is 40.3 Å². The van der Waals surface area contributed by atoms with E-state index in [1.807, 2.05) is 0 Å². The number of hydrogen-bond acceptors (Lipinski definition) is 9. The number of amides is 1. The van der Waals surface area contributed by atoms with Gasteiger partial charge in [-0.2, -0.15) is 0 Å². The molecule has 0 aliphatic carbocycles. The van der Waals surface area contributed by atoms with Crippen LogP contribution in [0.2, 0.25) is 0 Å². The van der Waals surface area contributed by atoms with Gasteiger partial charge < -0.3 is 29.8 Å². The Kier molecular flexibility index (Phi) is 7.76. The van der Waals surface area contributed by atoms with E-state index >= 15 is 0 Å². The highest BCUT2D eigenvalue weighted by Gasteiger charge is 2.35. The lowest BCUT2D eigenvalue weighted by molar-refractivity contribution is 0.0644. The molecule has 0 fully saturated rings. The summed E-state index contributed by atoms with van der Waals surface area (Å²) in [5, 5.41) is 25.1. The fourth-order valence-electron chi connectivity index (χ4n) is 3.85. The molecule has 0 atom stereocenters. The van der Waals surface area contributed by atoms with Crippen LogP contribution in [0.1, 0.15) is 43.6 Å². The molecule has 0 spiro atoms. The van der Waals surface area contributed by atoms with Crippen LogP contribution in [0.15, 0.2) is 62.6 Å². The number of furan rings is 1. The highest BCUT2D eigenvalue weighted by Crippen LogP contribution is 2.24. The van der Waals surface area contributed by atoms with Crippen molar-refractivity contribution in [2.24, 2.45) is 5.73 Å². The fraction of sp³-hybridized carbons (Fsp3) is 0.200. The molecule has 4 heterocycles. The summed E-state index contributed by atoms with van der Waals surface area (Å²) in [6.45, 7) is 2.08. The van der Waals surface area contributed by atoms with Crippen molar-refractivity contribution in [2.45, 2.75) is 26.6 Å². The van der Waals surface area contributed by atoms with Gasteiger partial charge in [-0.15, -0.1) is 0 Å². The van der Waals surface area contributed by atoms with E-state index in [-0.39, 0.29) is 32.0 Å². The van der Waals surface area contributed by atoms with Crippen molar-refractivity contribution < 1.29 is 37.5 Å². The summed E-state index contributed by atoms with van der Waals surface area (Å²) in [4.78, 5) is 38.0. The van der Waals surface area contributed by atoms with Crippen LogP contribution < -0.4 is 16.2 Å². The molecule has 5 rings (SSSR count). The largest absolute Gasteiger partial charge is 0.502 e. The Balaban J connectivity index is 0.000000298. The number of benzene rings is 1. The number of rotatable bonds is 6. The lowest BCUT2D eigenvalue weighted by Crippen LogP contribution is -2.53. The summed E-state index contributed by atoms with van der Waals surface area (Å²) in [5.41, 5.74) is 3.88. The van der Waals surface area contributed by atoms with E-state index in [0.717, 1.165) is 12.3 Å². The van der Waals surface area contributed by atoms with Crippen LogP contribution in [0.25, 0.3) is 0 Å². The first-order valence-corrected chi connectivity index (χ1v) is 11.4. The molecular formula is C25H23F2N5O7. The third kappa shape index (κ3) is 5.80. The monoisotopic (exact) mass is 543 g/mol. The van der Waals surface area contributed by atoms with Crippen molar-refractivity contribution in [1.29, 1.82) is 0 Å². The van der Waals surface area contributed by atoms with E-state index in [0.29, 0.717) is 22.8 Å². The van der Waals surface area contributed by atoms with Gasteiger partial charge in [0.05, 0.1) is 19.4 Å². The molecule has 1 amide bonds. The van der Waals surface area contributed by atoms with Gasteiger partial charge in [0.25, 0.3) is 5.91 Å². The zero-order valence-electron chi connectivity index (χ0n) is 20.5. The number of carboxylic acids is 1. The summed E-state index contributed by atoms with van der Waals surface area (Å²) >= 11 is 0. The van der Waals surface area contributed by atoms with Gasteiger partial charge in [0, 0.05) is 30.4 Å². The van der Waals surface area contributed by atoms with Crippen LogP contribution in [0.3, 0.4) is 0 Å². The maximum absolute atomic E-state index is 13.0. The first kappa shape index (κ1) is 27.1. The van der Waals surface area contributed by atoms with Crippen LogP contribution in [-0.4, -0.2) is 43.5 Å². The number of aromatic nitrogens is 2. The molecule has 39 heavy (non-hydrogen) atoms. The van der Waals surface area contributed by atoms with Gasteiger partial charge in [-0.05, 0) is 25.1 Å². The number of halogens is 2. The third-order valence-corrected chi connectivity index (χ3v) is 5.71. The van der Waals surface area contributed by atoms with E-state index in [9.17, 15) is 33.4 Å². The molecule has 0 radical (unpaired) electrons. The summed E-state index contributed by atoms with van der Waals surface area (Å²) in [6.07, 6.45) is 2.49. The molecule has 4 N–H and O–H groups in total. The minimum Gasteiger partial charge on any atom is -0.502 e. The topological polar surface area (TPSA) is 168 Å². The predicted molar refractivity (Wildman–Crippen MR) is 130 cm³/mol. The number of aromatic carboxylic acids is 1. The van der Waals surface area contributed by atoms with Gasteiger partial charge in [-0.1, -0.05) is 11.2 Å². The zero-order valence-corrected chi connectivity index (χ0v) is 20.5. The van der Waals surface area contributed by atoms with Crippen molar-refractivity contribution in [3.8, 4) is 5.75 Å². The Bertz CT molecular complexity index is 1570. The molecule has 0 saturated heterocycles. The summed E-state index contributed by atoms with van der Waals surface area (Å²) in [7, 11) is 0. The SMILES string of the molecule is Cc1cc(CN2CN(Cc3ccco3)C(=O)c3c(O)c(=O)c(C(=O)O)cn32)no1.NCc1ccc(F)cc1F. The average molecular weight is 543 g/mol. The van der Waals surface area contributed by atoms with Crippen molar-refractivity contribution >= 4 is 11.9 Å². The second-order valence-corrected chi connectivity index (χ2v) is 8.48. The number of carboxylic acid groups (broad SMARTS) is 1. The summed E-state index contributed by atoms with van der Waals surface area (Å²) in [6, 6.07) is 8.40. The van der Waals surface area contributed by atoms with E-state index in [1.165, 1.54) is 28.0 Å². The smallest absolute Gasteiger partial charge is 0.341 e. The number of nitrogens with two attached hydrogens (primary N) is 1. The Hall–Kier alpha value is -4.98. The maximum atomic E-state index is 13.0. The number of carbonyl (C=O) groups excluding carboxylic acids is 1. The molecule has 0 unspecified atom stereocenters. The molecule has 4 aromatic rings.